The molecule has 0 amide bonds. The van der Waals surface area contributed by atoms with Crippen molar-refractivity contribution >= 4 is 23.4 Å². The van der Waals surface area contributed by atoms with Gasteiger partial charge in [-0.1, -0.05) is 18.2 Å². The first-order valence-electron chi connectivity index (χ1n) is 8.22. The van der Waals surface area contributed by atoms with Crippen molar-refractivity contribution in [2.45, 2.75) is 13.0 Å². The number of hydrogen-bond acceptors (Lipinski definition) is 8. The van der Waals surface area contributed by atoms with Crippen molar-refractivity contribution in [2.75, 3.05) is 16.8 Å². The average Bonchev–Trinajstić information content (AvgIpc) is 3.10. The maximum Gasteiger partial charge on any atom is 0.282 e. The number of benzene rings is 1. The van der Waals surface area contributed by atoms with Gasteiger partial charge in [0.05, 0.1) is 11.7 Å². The lowest BCUT2D eigenvalue weighted by Gasteiger charge is -2.19. The number of nitrogens with zero attached hydrogens (tertiary/aromatic N) is 6. The Balaban J connectivity index is 1.85. The summed E-state index contributed by atoms with van der Waals surface area (Å²) in [7, 11) is 0. The Morgan fingerprint density at radius 2 is 1.70 bits per heavy atom. The Bertz CT molecular complexity index is 1150. The van der Waals surface area contributed by atoms with Gasteiger partial charge in [0, 0.05) is 6.20 Å². The molecule has 1 atom stereocenters. The second-order valence-corrected chi connectivity index (χ2v) is 5.91. The van der Waals surface area contributed by atoms with Crippen molar-refractivity contribution in [1.29, 1.82) is 0 Å². The summed E-state index contributed by atoms with van der Waals surface area (Å²) in [6.45, 7) is 1.84. The topological polar surface area (TPSA) is 142 Å². The summed E-state index contributed by atoms with van der Waals surface area (Å²) in [6, 6.07) is 12.4. The van der Waals surface area contributed by atoms with Crippen LogP contribution in [0.25, 0.3) is 11.2 Å². The first kappa shape index (κ1) is 16.5. The molecule has 3 heterocycles. The van der Waals surface area contributed by atoms with E-state index in [-0.39, 0.29) is 23.4 Å². The molecule has 0 aliphatic heterocycles. The van der Waals surface area contributed by atoms with Crippen LogP contribution in [0.1, 0.15) is 18.8 Å². The highest BCUT2D eigenvalue weighted by Gasteiger charge is 2.19. The molecule has 0 aliphatic rings. The van der Waals surface area contributed by atoms with E-state index in [0.29, 0.717) is 17.0 Å². The zero-order valence-corrected chi connectivity index (χ0v) is 14.4. The van der Waals surface area contributed by atoms with E-state index in [2.05, 4.69) is 25.4 Å². The normalized spacial score (nSPS) is 12.2. The van der Waals surface area contributed by atoms with Crippen LogP contribution in [-0.4, -0.2) is 29.1 Å². The van der Waals surface area contributed by atoms with Gasteiger partial charge in [0.1, 0.15) is 5.52 Å². The number of nitrogens with one attached hydrogen (secondary N) is 1. The summed E-state index contributed by atoms with van der Waals surface area (Å²) in [4.78, 5) is 24.9. The predicted octanol–water partition coefficient (Wildman–Crippen LogP) is 1.01. The lowest BCUT2D eigenvalue weighted by molar-refractivity contribution is 0.670. The van der Waals surface area contributed by atoms with Crippen LogP contribution in [0.2, 0.25) is 0 Å². The minimum atomic E-state index is -0.425. The van der Waals surface area contributed by atoms with E-state index in [9.17, 15) is 4.79 Å². The number of hydrogen-bond donors (Lipinski definition) is 3. The van der Waals surface area contributed by atoms with Gasteiger partial charge in [-0.15, -0.1) is 0 Å². The molecule has 27 heavy (non-hydrogen) atoms. The van der Waals surface area contributed by atoms with Gasteiger partial charge in [0.25, 0.3) is 5.56 Å². The van der Waals surface area contributed by atoms with E-state index >= 15 is 0 Å². The number of nitrogens with two attached hydrogens (primary N) is 2. The van der Waals surface area contributed by atoms with E-state index < -0.39 is 6.04 Å². The summed E-state index contributed by atoms with van der Waals surface area (Å²) >= 11 is 0. The molecule has 0 saturated carbocycles. The van der Waals surface area contributed by atoms with Gasteiger partial charge < -0.3 is 16.8 Å². The molecule has 0 aliphatic carbocycles. The van der Waals surface area contributed by atoms with E-state index in [4.69, 9.17) is 11.5 Å². The third-order valence-electron chi connectivity index (χ3n) is 4.01. The highest BCUT2D eigenvalue weighted by atomic mass is 16.1. The summed E-state index contributed by atoms with van der Waals surface area (Å²) in [5.41, 5.74) is 12.2. The first-order chi connectivity index (χ1) is 13.0. The monoisotopic (exact) mass is 363 g/mol. The van der Waals surface area contributed by atoms with Crippen molar-refractivity contribution in [3.05, 3.63) is 64.8 Å². The van der Waals surface area contributed by atoms with Gasteiger partial charge in [-0.3, -0.25) is 9.36 Å². The number of para-hydroxylation sites is 1. The standard InChI is InChI=1S/C17H17N9O/c1-10(20-17-22-15(18)21-16(19)23-17)13-24-25-9-5-8-12(25)14(27)26(13)11-6-3-2-4-7-11/h2-10H,1H3,(H5,18,19,20,21,22,23)/t10-/m0/s1. The Morgan fingerprint density at radius 3 is 2.41 bits per heavy atom. The predicted molar refractivity (Wildman–Crippen MR) is 101 cm³/mol. The number of anilines is 3. The Hall–Kier alpha value is -3.95. The summed E-state index contributed by atoms with van der Waals surface area (Å²) in [5, 5.41) is 7.67. The second-order valence-electron chi connectivity index (χ2n) is 5.91. The minimum Gasteiger partial charge on any atom is -0.368 e. The van der Waals surface area contributed by atoms with Gasteiger partial charge in [0.15, 0.2) is 5.82 Å². The van der Waals surface area contributed by atoms with E-state index in [1.54, 1.807) is 27.4 Å². The molecule has 0 spiro atoms. The SMILES string of the molecule is C[C@H](Nc1nc(N)nc(N)n1)c1nn2cccc2c(=O)n1-c1ccccc1. The summed E-state index contributed by atoms with van der Waals surface area (Å²) in [6.07, 6.45) is 1.72. The van der Waals surface area contributed by atoms with Crippen molar-refractivity contribution in [1.82, 2.24) is 29.1 Å². The van der Waals surface area contributed by atoms with Crippen LogP contribution in [-0.2, 0) is 0 Å². The third kappa shape index (κ3) is 3.03. The molecule has 136 valence electrons. The molecule has 5 N–H and O–H groups in total. The van der Waals surface area contributed by atoms with E-state index in [1.165, 1.54) is 0 Å². The quantitative estimate of drug-likeness (QED) is 0.487. The summed E-state index contributed by atoms with van der Waals surface area (Å²) in [5.74, 6) is 0.694. The molecule has 0 bridgehead atoms. The van der Waals surface area contributed by atoms with Gasteiger partial charge in [0.2, 0.25) is 17.8 Å². The molecule has 4 aromatic rings. The molecule has 0 unspecified atom stereocenters. The van der Waals surface area contributed by atoms with Crippen molar-refractivity contribution < 1.29 is 0 Å². The van der Waals surface area contributed by atoms with Crippen LogP contribution in [0.5, 0.6) is 0 Å². The number of nitrogen functional groups attached to an aromatic ring is 2. The van der Waals surface area contributed by atoms with Crippen molar-refractivity contribution in [3.63, 3.8) is 0 Å². The maximum absolute atomic E-state index is 13.1. The largest absolute Gasteiger partial charge is 0.368 e. The van der Waals surface area contributed by atoms with Crippen molar-refractivity contribution in [2.24, 2.45) is 0 Å². The highest BCUT2D eigenvalue weighted by molar-refractivity contribution is 5.48. The first-order valence-corrected chi connectivity index (χ1v) is 8.22. The van der Waals surface area contributed by atoms with Crippen LogP contribution < -0.4 is 22.3 Å². The zero-order valence-electron chi connectivity index (χ0n) is 14.4. The van der Waals surface area contributed by atoms with Gasteiger partial charge >= 0.3 is 0 Å². The van der Waals surface area contributed by atoms with Crippen LogP contribution >= 0.6 is 0 Å². The summed E-state index contributed by atoms with van der Waals surface area (Å²) < 4.78 is 3.10. The van der Waals surface area contributed by atoms with Crippen LogP contribution in [0.3, 0.4) is 0 Å². The van der Waals surface area contributed by atoms with Gasteiger partial charge in [-0.05, 0) is 31.2 Å². The van der Waals surface area contributed by atoms with Gasteiger partial charge in [-0.25, -0.2) is 4.52 Å². The average molecular weight is 363 g/mol. The third-order valence-corrected chi connectivity index (χ3v) is 4.01. The Labute approximate surface area is 153 Å². The molecule has 0 fully saturated rings. The molecule has 1 aromatic carbocycles. The molecule has 0 saturated heterocycles. The molecule has 10 nitrogen and oxygen atoms in total. The fraction of sp³-hybridized carbons (Fsp3) is 0.118. The molecule has 10 heteroatoms. The lowest BCUT2D eigenvalue weighted by Crippen LogP contribution is -2.29. The molecule has 3 aromatic heterocycles. The molecule has 4 rings (SSSR count). The number of fused-ring (bicyclic) bond motifs is 1. The number of rotatable bonds is 4. The smallest absolute Gasteiger partial charge is 0.282 e. The highest BCUT2D eigenvalue weighted by Crippen LogP contribution is 2.18. The maximum atomic E-state index is 13.1. The Morgan fingerprint density at radius 1 is 1.00 bits per heavy atom. The zero-order chi connectivity index (χ0) is 19.0. The van der Waals surface area contributed by atoms with Crippen molar-refractivity contribution in [3.8, 4) is 5.69 Å². The van der Waals surface area contributed by atoms with Crippen LogP contribution in [0.15, 0.2) is 53.5 Å². The molecular formula is C17H17N9O. The fourth-order valence-corrected chi connectivity index (χ4v) is 2.84. The van der Waals surface area contributed by atoms with E-state index in [1.807, 2.05) is 37.3 Å². The van der Waals surface area contributed by atoms with Crippen LogP contribution in [0.4, 0.5) is 17.8 Å². The number of aromatic nitrogens is 6. The Kier molecular flexibility index (Phi) is 3.92. The van der Waals surface area contributed by atoms with E-state index in [0.717, 1.165) is 0 Å². The second kappa shape index (κ2) is 6.41. The fourth-order valence-electron chi connectivity index (χ4n) is 2.84. The van der Waals surface area contributed by atoms with Gasteiger partial charge in [-0.2, -0.15) is 20.1 Å². The molecule has 0 radical (unpaired) electrons. The lowest BCUT2D eigenvalue weighted by atomic mass is 10.2. The van der Waals surface area contributed by atoms with Crippen LogP contribution in [0, 0.1) is 0 Å². The minimum absolute atomic E-state index is 0.00599. The molecular weight excluding hydrogens is 346 g/mol.